The largest absolute Gasteiger partial charge is 0.383 e. The van der Waals surface area contributed by atoms with Gasteiger partial charge in [-0.15, -0.1) is 0 Å². The molecule has 0 spiro atoms. The molecule has 0 unspecified atom stereocenters. The molecule has 192 valence electrons. The van der Waals surface area contributed by atoms with Gasteiger partial charge in [0.05, 0.1) is 26.3 Å². The summed E-state index contributed by atoms with van der Waals surface area (Å²) >= 11 is 0. The van der Waals surface area contributed by atoms with Crippen molar-refractivity contribution >= 4 is 11.8 Å². The van der Waals surface area contributed by atoms with Gasteiger partial charge in [-0.3, -0.25) is 9.59 Å². The molecule has 7 nitrogen and oxygen atoms in total. The maximum atomic E-state index is 13.4. The lowest BCUT2D eigenvalue weighted by Crippen LogP contribution is -2.47. The Bertz CT molecular complexity index is 1070. The van der Waals surface area contributed by atoms with Gasteiger partial charge in [0.15, 0.2) is 0 Å². The molecular weight excluding hydrogens is 454 g/mol. The fourth-order valence-corrected chi connectivity index (χ4v) is 3.93. The van der Waals surface area contributed by atoms with Gasteiger partial charge in [0.2, 0.25) is 11.8 Å². The zero-order valence-corrected chi connectivity index (χ0v) is 21.5. The van der Waals surface area contributed by atoms with Crippen LogP contribution in [0.25, 0.3) is 0 Å². The number of methoxy groups -OCH3 is 1. The number of carbonyl (C=O) groups is 2. The molecule has 0 aliphatic rings. The number of ether oxygens (including phenoxy) is 2. The molecule has 3 aromatic rings. The Hall–Kier alpha value is -3.42. The smallest absolute Gasteiger partial charge is 0.249 e. The molecule has 2 aromatic carbocycles. The van der Waals surface area contributed by atoms with Crippen molar-refractivity contribution in [1.82, 2.24) is 14.4 Å². The van der Waals surface area contributed by atoms with Gasteiger partial charge in [-0.1, -0.05) is 60.7 Å². The van der Waals surface area contributed by atoms with Gasteiger partial charge in [-0.05, 0) is 37.1 Å². The van der Waals surface area contributed by atoms with Crippen molar-refractivity contribution < 1.29 is 19.1 Å². The van der Waals surface area contributed by atoms with Crippen LogP contribution in [0.2, 0.25) is 0 Å². The summed E-state index contributed by atoms with van der Waals surface area (Å²) in [6.07, 6.45) is 2.03. The van der Waals surface area contributed by atoms with Gasteiger partial charge in [-0.25, -0.2) is 0 Å². The van der Waals surface area contributed by atoms with Crippen molar-refractivity contribution in [1.29, 1.82) is 0 Å². The maximum absolute atomic E-state index is 13.4. The Kier molecular flexibility index (Phi) is 10.7. The number of hydrogen-bond donors (Lipinski definition) is 0. The standard InChI is InChI=1S/C29H37N3O4/c1-24(2)32(20-27-15-10-16-30(27)19-25-11-6-4-7-12-25)28(33)21-31(17-18-35-3)29(34)23-36-22-26-13-8-5-9-14-26/h4-16,24H,17-23H2,1-3H3. The summed E-state index contributed by atoms with van der Waals surface area (Å²) in [5.41, 5.74) is 3.24. The van der Waals surface area contributed by atoms with E-state index in [1.165, 1.54) is 10.5 Å². The van der Waals surface area contributed by atoms with Crippen molar-refractivity contribution in [3.8, 4) is 0 Å². The highest BCUT2D eigenvalue weighted by Gasteiger charge is 2.24. The number of nitrogens with zero attached hydrogens (tertiary/aromatic N) is 3. The number of carbonyl (C=O) groups excluding carboxylic acids is 2. The molecule has 0 saturated heterocycles. The lowest BCUT2D eigenvalue weighted by atomic mass is 10.2. The molecule has 0 bridgehead atoms. The molecule has 36 heavy (non-hydrogen) atoms. The quantitative estimate of drug-likeness (QED) is 0.342. The number of benzene rings is 2. The second kappa shape index (κ2) is 14.2. The second-order valence-corrected chi connectivity index (χ2v) is 9.01. The predicted molar refractivity (Wildman–Crippen MR) is 140 cm³/mol. The van der Waals surface area contributed by atoms with Gasteiger partial charge < -0.3 is 23.8 Å². The lowest BCUT2D eigenvalue weighted by Gasteiger charge is -2.30. The normalized spacial score (nSPS) is 11.0. The Morgan fingerprint density at radius 1 is 0.889 bits per heavy atom. The molecule has 0 aliphatic heterocycles. The second-order valence-electron chi connectivity index (χ2n) is 9.01. The summed E-state index contributed by atoms with van der Waals surface area (Å²) in [5.74, 6) is -0.336. The third-order valence-corrected chi connectivity index (χ3v) is 5.98. The molecule has 0 saturated carbocycles. The van der Waals surface area contributed by atoms with Gasteiger partial charge in [0, 0.05) is 38.1 Å². The van der Waals surface area contributed by atoms with E-state index < -0.39 is 0 Å². The van der Waals surface area contributed by atoms with Crippen LogP contribution >= 0.6 is 0 Å². The zero-order valence-electron chi connectivity index (χ0n) is 21.5. The molecule has 0 aliphatic carbocycles. The third-order valence-electron chi connectivity index (χ3n) is 5.98. The van der Waals surface area contributed by atoms with Crippen LogP contribution in [0.3, 0.4) is 0 Å². The van der Waals surface area contributed by atoms with E-state index in [0.29, 0.717) is 26.3 Å². The predicted octanol–water partition coefficient (Wildman–Crippen LogP) is 3.97. The maximum Gasteiger partial charge on any atom is 0.249 e. The molecule has 7 heteroatoms. The minimum absolute atomic E-state index is 0.0194. The first-order chi connectivity index (χ1) is 17.5. The average molecular weight is 492 g/mol. The zero-order chi connectivity index (χ0) is 25.8. The van der Waals surface area contributed by atoms with Gasteiger partial charge >= 0.3 is 0 Å². The van der Waals surface area contributed by atoms with E-state index in [0.717, 1.165) is 17.8 Å². The minimum Gasteiger partial charge on any atom is -0.383 e. The molecule has 0 radical (unpaired) electrons. The Morgan fingerprint density at radius 2 is 1.56 bits per heavy atom. The molecule has 0 atom stereocenters. The SMILES string of the molecule is COCCN(CC(=O)N(Cc1cccn1Cc1ccccc1)C(C)C)C(=O)COCc1ccccc1. The molecule has 0 N–H and O–H groups in total. The van der Waals surface area contributed by atoms with E-state index in [1.54, 1.807) is 7.11 Å². The van der Waals surface area contributed by atoms with Crippen molar-refractivity contribution in [2.24, 2.45) is 0 Å². The Balaban J connectivity index is 1.62. The van der Waals surface area contributed by atoms with Crippen LogP contribution in [0, 0.1) is 0 Å². The fraction of sp³-hybridized carbons (Fsp3) is 0.379. The first-order valence-electron chi connectivity index (χ1n) is 12.3. The monoisotopic (exact) mass is 491 g/mol. The fourth-order valence-electron chi connectivity index (χ4n) is 3.93. The number of hydrogen-bond acceptors (Lipinski definition) is 4. The number of rotatable bonds is 14. The van der Waals surface area contributed by atoms with E-state index in [2.05, 4.69) is 16.7 Å². The molecule has 1 aromatic heterocycles. The summed E-state index contributed by atoms with van der Waals surface area (Å²) in [6.45, 7) is 6.09. The summed E-state index contributed by atoms with van der Waals surface area (Å²) < 4.78 is 13.0. The van der Waals surface area contributed by atoms with E-state index in [4.69, 9.17) is 9.47 Å². The van der Waals surface area contributed by atoms with Crippen LogP contribution in [-0.2, 0) is 38.8 Å². The first kappa shape index (κ1) is 27.2. The summed E-state index contributed by atoms with van der Waals surface area (Å²) in [6, 6.07) is 24.0. The highest BCUT2D eigenvalue weighted by Crippen LogP contribution is 2.13. The minimum atomic E-state index is -0.229. The van der Waals surface area contributed by atoms with Crippen LogP contribution in [0.4, 0.5) is 0 Å². The van der Waals surface area contributed by atoms with Crippen LogP contribution < -0.4 is 0 Å². The van der Waals surface area contributed by atoms with Crippen molar-refractivity contribution in [3.63, 3.8) is 0 Å². The average Bonchev–Trinajstić information content (AvgIpc) is 3.32. The van der Waals surface area contributed by atoms with E-state index in [1.807, 2.05) is 85.6 Å². The van der Waals surface area contributed by atoms with E-state index >= 15 is 0 Å². The lowest BCUT2D eigenvalue weighted by molar-refractivity contribution is -0.145. The van der Waals surface area contributed by atoms with Gasteiger partial charge in [0.25, 0.3) is 0 Å². The third kappa shape index (κ3) is 8.36. The summed E-state index contributed by atoms with van der Waals surface area (Å²) in [4.78, 5) is 29.6. The van der Waals surface area contributed by atoms with Crippen molar-refractivity contribution in [3.05, 3.63) is 95.8 Å². The van der Waals surface area contributed by atoms with Gasteiger partial charge in [0.1, 0.15) is 6.61 Å². The molecule has 3 rings (SSSR count). The summed E-state index contributed by atoms with van der Waals surface area (Å²) in [5, 5.41) is 0. The highest BCUT2D eigenvalue weighted by molar-refractivity contribution is 5.85. The number of aromatic nitrogens is 1. The highest BCUT2D eigenvalue weighted by atomic mass is 16.5. The van der Waals surface area contributed by atoms with Gasteiger partial charge in [-0.2, -0.15) is 0 Å². The topological polar surface area (TPSA) is 64.0 Å². The Morgan fingerprint density at radius 3 is 2.19 bits per heavy atom. The first-order valence-corrected chi connectivity index (χ1v) is 12.3. The molecular formula is C29H37N3O4. The van der Waals surface area contributed by atoms with Crippen molar-refractivity contribution in [2.75, 3.05) is 33.4 Å². The van der Waals surface area contributed by atoms with Crippen LogP contribution in [0.15, 0.2) is 79.0 Å². The molecule has 2 amide bonds. The summed E-state index contributed by atoms with van der Waals surface area (Å²) in [7, 11) is 1.58. The van der Waals surface area contributed by atoms with E-state index in [9.17, 15) is 9.59 Å². The Labute approximate surface area is 214 Å². The number of amides is 2. The molecule has 1 heterocycles. The molecule has 0 fully saturated rings. The van der Waals surface area contributed by atoms with E-state index in [-0.39, 0.29) is 31.0 Å². The van der Waals surface area contributed by atoms with Crippen LogP contribution in [-0.4, -0.2) is 65.6 Å². The van der Waals surface area contributed by atoms with Crippen LogP contribution in [0.5, 0.6) is 0 Å². The van der Waals surface area contributed by atoms with Crippen LogP contribution in [0.1, 0.15) is 30.7 Å². The van der Waals surface area contributed by atoms with Crippen molar-refractivity contribution in [2.45, 2.75) is 39.6 Å².